The number of carbonyl (C=O) groups excluding carboxylic acids is 1. The van der Waals surface area contributed by atoms with Gasteiger partial charge in [0.1, 0.15) is 6.04 Å². The molecule has 1 rings (SSSR count). The summed E-state index contributed by atoms with van der Waals surface area (Å²) in [4.78, 5) is 26.3. The van der Waals surface area contributed by atoms with Crippen molar-refractivity contribution in [1.82, 2.24) is 10.3 Å². The van der Waals surface area contributed by atoms with E-state index in [2.05, 4.69) is 10.3 Å². The van der Waals surface area contributed by atoms with Crippen molar-refractivity contribution in [3.63, 3.8) is 0 Å². The highest BCUT2D eigenvalue weighted by Crippen LogP contribution is 2.10. The number of carbonyl (C=O) groups is 2. The van der Waals surface area contributed by atoms with Crippen molar-refractivity contribution in [3.05, 3.63) is 29.8 Å². The van der Waals surface area contributed by atoms with E-state index in [0.717, 1.165) is 6.20 Å². The minimum atomic E-state index is -1.13. The van der Waals surface area contributed by atoms with Crippen LogP contribution < -0.4 is 5.32 Å². The molecule has 6 heteroatoms. The zero-order valence-electron chi connectivity index (χ0n) is 10.2. The number of hydrogen-bond acceptors (Lipinski definition) is 3. The fourth-order valence-corrected chi connectivity index (χ4v) is 1.46. The summed E-state index contributed by atoms with van der Waals surface area (Å²) in [6.07, 6.45) is 2.78. The summed E-state index contributed by atoms with van der Waals surface area (Å²) < 4.78 is 13.3. The molecule has 0 aliphatic carbocycles. The summed E-state index contributed by atoms with van der Waals surface area (Å²) in [7, 11) is 0. The van der Waals surface area contributed by atoms with Crippen LogP contribution in [-0.4, -0.2) is 28.0 Å². The Labute approximate surface area is 104 Å². The lowest BCUT2D eigenvalue weighted by molar-refractivity contribution is -0.140. The maximum absolute atomic E-state index is 13.3. The highest BCUT2D eigenvalue weighted by molar-refractivity contribution is 5.96. The van der Waals surface area contributed by atoms with E-state index >= 15 is 0 Å². The SMILES string of the molecule is CCC(C)[C@@H](NC(=O)c1ccncc1F)C(=O)O. The second kappa shape index (κ2) is 6.09. The molecule has 1 amide bonds. The van der Waals surface area contributed by atoms with Crippen LogP contribution in [0.1, 0.15) is 30.6 Å². The topological polar surface area (TPSA) is 79.3 Å². The van der Waals surface area contributed by atoms with Gasteiger partial charge in [-0.2, -0.15) is 0 Å². The highest BCUT2D eigenvalue weighted by Gasteiger charge is 2.26. The molecular weight excluding hydrogens is 239 g/mol. The maximum Gasteiger partial charge on any atom is 0.326 e. The predicted octanol–water partition coefficient (Wildman–Crippen LogP) is 1.45. The molecule has 5 nitrogen and oxygen atoms in total. The van der Waals surface area contributed by atoms with Crippen LogP contribution in [0, 0.1) is 11.7 Å². The molecule has 98 valence electrons. The Hall–Kier alpha value is -1.98. The standard InChI is InChI=1S/C12H15FN2O3/c1-3-7(2)10(12(17)18)15-11(16)8-4-5-14-6-9(8)13/h4-7,10H,3H2,1-2H3,(H,15,16)(H,17,18)/t7?,10-/m1/s1. The number of carboxylic acid groups (broad SMARTS) is 1. The van der Waals surface area contributed by atoms with Gasteiger partial charge in [-0.05, 0) is 12.0 Å². The number of carboxylic acids is 1. The van der Waals surface area contributed by atoms with Crippen molar-refractivity contribution < 1.29 is 19.1 Å². The predicted molar refractivity (Wildman–Crippen MR) is 62.5 cm³/mol. The Balaban J connectivity index is 2.86. The molecule has 1 unspecified atom stereocenters. The molecule has 1 heterocycles. The van der Waals surface area contributed by atoms with Gasteiger partial charge in [0, 0.05) is 6.20 Å². The van der Waals surface area contributed by atoms with E-state index in [0.29, 0.717) is 6.42 Å². The molecule has 0 aliphatic rings. The van der Waals surface area contributed by atoms with Gasteiger partial charge in [-0.3, -0.25) is 9.78 Å². The van der Waals surface area contributed by atoms with E-state index in [-0.39, 0.29) is 11.5 Å². The number of halogens is 1. The van der Waals surface area contributed by atoms with Gasteiger partial charge in [0.25, 0.3) is 5.91 Å². The van der Waals surface area contributed by atoms with Gasteiger partial charge in [0.2, 0.25) is 0 Å². The molecule has 0 fully saturated rings. The van der Waals surface area contributed by atoms with Gasteiger partial charge < -0.3 is 10.4 Å². The molecule has 0 bridgehead atoms. The van der Waals surface area contributed by atoms with Crippen molar-refractivity contribution in [2.45, 2.75) is 26.3 Å². The van der Waals surface area contributed by atoms with Gasteiger partial charge in [-0.25, -0.2) is 9.18 Å². The Kier molecular flexibility index (Phi) is 4.76. The van der Waals surface area contributed by atoms with E-state index < -0.39 is 23.7 Å². The minimum Gasteiger partial charge on any atom is -0.480 e. The zero-order valence-corrected chi connectivity index (χ0v) is 10.2. The van der Waals surface area contributed by atoms with Crippen molar-refractivity contribution in [3.8, 4) is 0 Å². The van der Waals surface area contributed by atoms with Crippen LogP contribution in [0.4, 0.5) is 4.39 Å². The van der Waals surface area contributed by atoms with Gasteiger partial charge in [0.05, 0.1) is 11.8 Å². The lowest BCUT2D eigenvalue weighted by Gasteiger charge is -2.20. The molecular formula is C12H15FN2O3. The number of nitrogens with one attached hydrogen (secondary N) is 1. The summed E-state index contributed by atoms with van der Waals surface area (Å²) in [5.74, 6) is -2.89. The summed E-state index contributed by atoms with van der Waals surface area (Å²) in [6, 6.07) is 0.176. The lowest BCUT2D eigenvalue weighted by atomic mass is 9.99. The van der Waals surface area contributed by atoms with E-state index in [1.807, 2.05) is 6.92 Å². The second-order valence-electron chi connectivity index (χ2n) is 4.03. The van der Waals surface area contributed by atoms with Crippen molar-refractivity contribution >= 4 is 11.9 Å². The van der Waals surface area contributed by atoms with Crippen LogP contribution in [0.5, 0.6) is 0 Å². The number of aliphatic carboxylic acids is 1. The fourth-order valence-electron chi connectivity index (χ4n) is 1.46. The normalized spacial score (nSPS) is 13.7. The number of pyridine rings is 1. The van der Waals surface area contributed by atoms with Crippen molar-refractivity contribution in [2.24, 2.45) is 5.92 Å². The molecule has 0 aliphatic heterocycles. The van der Waals surface area contributed by atoms with Crippen LogP contribution in [0.15, 0.2) is 18.5 Å². The van der Waals surface area contributed by atoms with Crippen LogP contribution in [0.2, 0.25) is 0 Å². The molecule has 18 heavy (non-hydrogen) atoms. The monoisotopic (exact) mass is 254 g/mol. The van der Waals surface area contributed by atoms with Gasteiger partial charge in [-0.1, -0.05) is 20.3 Å². The van der Waals surface area contributed by atoms with Crippen molar-refractivity contribution in [1.29, 1.82) is 0 Å². The quantitative estimate of drug-likeness (QED) is 0.833. The number of hydrogen-bond donors (Lipinski definition) is 2. The van der Waals surface area contributed by atoms with Crippen LogP contribution in [0.3, 0.4) is 0 Å². The Morgan fingerprint density at radius 1 is 1.56 bits per heavy atom. The molecule has 0 saturated carbocycles. The van der Waals surface area contributed by atoms with Crippen LogP contribution in [-0.2, 0) is 4.79 Å². The summed E-state index contributed by atoms with van der Waals surface area (Å²) >= 11 is 0. The highest BCUT2D eigenvalue weighted by atomic mass is 19.1. The number of aromatic nitrogens is 1. The second-order valence-corrected chi connectivity index (χ2v) is 4.03. The Morgan fingerprint density at radius 3 is 2.72 bits per heavy atom. The summed E-state index contributed by atoms with van der Waals surface area (Å²) in [5, 5.41) is 11.3. The first-order valence-electron chi connectivity index (χ1n) is 5.60. The first-order valence-corrected chi connectivity index (χ1v) is 5.60. The molecule has 0 radical (unpaired) electrons. The van der Waals surface area contributed by atoms with Gasteiger partial charge in [-0.15, -0.1) is 0 Å². The molecule has 0 spiro atoms. The van der Waals surface area contributed by atoms with Gasteiger partial charge >= 0.3 is 5.97 Å². The van der Waals surface area contributed by atoms with E-state index in [1.54, 1.807) is 6.92 Å². The largest absolute Gasteiger partial charge is 0.480 e. The minimum absolute atomic E-state index is 0.209. The van der Waals surface area contributed by atoms with E-state index in [4.69, 9.17) is 5.11 Å². The molecule has 1 aromatic heterocycles. The molecule has 0 aromatic carbocycles. The zero-order chi connectivity index (χ0) is 13.7. The van der Waals surface area contributed by atoms with Crippen molar-refractivity contribution in [2.75, 3.05) is 0 Å². The molecule has 1 aromatic rings. The first kappa shape index (κ1) is 14.1. The number of amides is 1. The smallest absolute Gasteiger partial charge is 0.326 e. The third-order valence-electron chi connectivity index (χ3n) is 2.78. The third-order valence-corrected chi connectivity index (χ3v) is 2.78. The van der Waals surface area contributed by atoms with Crippen LogP contribution >= 0.6 is 0 Å². The summed E-state index contributed by atoms with van der Waals surface area (Å²) in [5.41, 5.74) is -0.209. The third kappa shape index (κ3) is 3.26. The lowest BCUT2D eigenvalue weighted by Crippen LogP contribution is -2.45. The van der Waals surface area contributed by atoms with E-state index in [9.17, 15) is 14.0 Å². The molecule has 2 N–H and O–H groups in total. The fraction of sp³-hybridized carbons (Fsp3) is 0.417. The molecule has 0 saturated heterocycles. The average molecular weight is 254 g/mol. The summed E-state index contributed by atoms with van der Waals surface area (Å²) in [6.45, 7) is 3.53. The number of nitrogens with zero attached hydrogens (tertiary/aromatic N) is 1. The Bertz CT molecular complexity index is 451. The average Bonchev–Trinajstić information content (AvgIpc) is 2.35. The van der Waals surface area contributed by atoms with Gasteiger partial charge in [0.15, 0.2) is 5.82 Å². The van der Waals surface area contributed by atoms with E-state index in [1.165, 1.54) is 12.3 Å². The van der Waals surface area contributed by atoms with Crippen LogP contribution in [0.25, 0.3) is 0 Å². The molecule has 2 atom stereocenters. The first-order chi connectivity index (χ1) is 8.47. The maximum atomic E-state index is 13.3. The Morgan fingerprint density at radius 2 is 2.22 bits per heavy atom. The number of rotatable bonds is 5.